The summed E-state index contributed by atoms with van der Waals surface area (Å²) >= 11 is 2.29. The Morgan fingerprint density at radius 2 is 2.21 bits per heavy atom. The fraction of sp³-hybridized carbons (Fsp3) is 0.364. The van der Waals surface area contributed by atoms with Crippen LogP contribution in [0.1, 0.15) is 18.2 Å². The number of aromatic nitrogens is 1. The first-order valence-corrected chi connectivity index (χ1v) is 8.86. The summed E-state index contributed by atoms with van der Waals surface area (Å²) in [5, 5.41) is 3.95. The maximum absolute atomic E-state index is 12.1. The van der Waals surface area contributed by atoms with Crippen LogP contribution in [0.4, 0.5) is 0 Å². The monoisotopic (exact) mass is 318 g/mol. The van der Waals surface area contributed by atoms with E-state index in [1.807, 2.05) is 16.8 Å². The first kappa shape index (κ1) is 14.4. The SMILES string of the molecule is Cc1[nH]c(=O)sc1S(=O)(=O)NC(C)Cc1ccsc1. The summed E-state index contributed by atoms with van der Waals surface area (Å²) in [6.45, 7) is 3.38. The summed E-state index contributed by atoms with van der Waals surface area (Å²) in [7, 11) is -3.63. The molecule has 0 saturated heterocycles. The van der Waals surface area contributed by atoms with Crippen molar-refractivity contribution in [1.29, 1.82) is 0 Å². The zero-order valence-corrected chi connectivity index (χ0v) is 12.9. The zero-order chi connectivity index (χ0) is 14.0. The minimum Gasteiger partial charge on any atom is -0.315 e. The molecule has 19 heavy (non-hydrogen) atoms. The van der Waals surface area contributed by atoms with Gasteiger partial charge in [0.15, 0.2) is 4.21 Å². The van der Waals surface area contributed by atoms with Crippen LogP contribution in [0.5, 0.6) is 0 Å². The summed E-state index contributed by atoms with van der Waals surface area (Å²) in [4.78, 5) is 13.3. The zero-order valence-electron chi connectivity index (χ0n) is 10.5. The maximum Gasteiger partial charge on any atom is 0.305 e. The second-order valence-corrected chi connectivity index (χ2v) is 7.96. The van der Waals surface area contributed by atoms with E-state index in [-0.39, 0.29) is 15.1 Å². The molecule has 0 aliphatic heterocycles. The molecule has 0 fully saturated rings. The predicted octanol–water partition coefficient (Wildman–Crippen LogP) is 1.72. The van der Waals surface area contributed by atoms with Gasteiger partial charge in [0.05, 0.1) is 0 Å². The molecule has 2 N–H and O–H groups in total. The average Bonchev–Trinajstić information content (AvgIpc) is 2.87. The maximum atomic E-state index is 12.1. The average molecular weight is 318 g/mol. The molecule has 104 valence electrons. The Morgan fingerprint density at radius 3 is 2.74 bits per heavy atom. The van der Waals surface area contributed by atoms with Crippen molar-refractivity contribution < 1.29 is 8.42 Å². The highest BCUT2D eigenvalue weighted by atomic mass is 32.2. The molecule has 0 aromatic carbocycles. The van der Waals surface area contributed by atoms with Crippen molar-refractivity contribution in [2.24, 2.45) is 0 Å². The molecular formula is C11H14N2O3S3. The number of nitrogens with one attached hydrogen (secondary N) is 2. The van der Waals surface area contributed by atoms with Crippen molar-refractivity contribution in [3.8, 4) is 0 Å². The molecule has 0 saturated carbocycles. The first-order chi connectivity index (χ1) is 8.88. The van der Waals surface area contributed by atoms with Crippen LogP contribution < -0.4 is 9.60 Å². The third-order valence-corrected chi connectivity index (χ3v) is 6.43. The molecule has 0 aliphatic carbocycles. The highest BCUT2D eigenvalue weighted by Crippen LogP contribution is 2.17. The Balaban J connectivity index is 2.13. The molecule has 0 spiro atoms. The van der Waals surface area contributed by atoms with Crippen LogP contribution in [0.25, 0.3) is 0 Å². The lowest BCUT2D eigenvalue weighted by Gasteiger charge is -2.12. The summed E-state index contributed by atoms with van der Waals surface area (Å²) in [6.07, 6.45) is 0.626. The van der Waals surface area contributed by atoms with Crippen LogP contribution >= 0.6 is 22.7 Å². The van der Waals surface area contributed by atoms with Gasteiger partial charge in [-0.15, -0.1) is 0 Å². The lowest BCUT2D eigenvalue weighted by molar-refractivity contribution is 0.561. The van der Waals surface area contributed by atoms with Gasteiger partial charge in [-0.05, 0) is 42.7 Å². The number of aryl methyl sites for hydroxylation is 1. The van der Waals surface area contributed by atoms with Crippen molar-refractivity contribution >= 4 is 32.7 Å². The van der Waals surface area contributed by atoms with Gasteiger partial charge < -0.3 is 4.98 Å². The van der Waals surface area contributed by atoms with E-state index < -0.39 is 10.0 Å². The van der Waals surface area contributed by atoms with Gasteiger partial charge in [-0.2, -0.15) is 11.3 Å². The number of hydrogen-bond donors (Lipinski definition) is 2. The minimum absolute atomic E-state index is 0.0645. The number of sulfonamides is 1. The Bertz CT molecular complexity index is 698. The van der Waals surface area contributed by atoms with Crippen molar-refractivity contribution in [2.75, 3.05) is 0 Å². The third-order valence-electron chi connectivity index (χ3n) is 2.50. The van der Waals surface area contributed by atoms with E-state index in [9.17, 15) is 13.2 Å². The number of H-pyrrole nitrogens is 1. The van der Waals surface area contributed by atoms with Crippen LogP contribution in [-0.2, 0) is 16.4 Å². The van der Waals surface area contributed by atoms with Gasteiger partial charge in [-0.3, -0.25) is 4.79 Å². The van der Waals surface area contributed by atoms with Gasteiger partial charge >= 0.3 is 4.87 Å². The first-order valence-electron chi connectivity index (χ1n) is 5.61. The number of aromatic amines is 1. The summed E-state index contributed by atoms with van der Waals surface area (Å²) in [6, 6.07) is 1.74. The predicted molar refractivity (Wildman–Crippen MR) is 77.5 cm³/mol. The second kappa shape index (κ2) is 5.58. The molecule has 0 amide bonds. The van der Waals surface area contributed by atoms with Gasteiger partial charge in [0.2, 0.25) is 0 Å². The summed E-state index contributed by atoms with van der Waals surface area (Å²) in [5.74, 6) is 0. The van der Waals surface area contributed by atoms with Crippen LogP contribution in [0, 0.1) is 6.92 Å². The molecule has 8 heteroatoms. The van der Waals surface area contributed by atoms with Crippen LogP contribution in [0.15, 0.2) is 25.8 Å². The lowest BCUT2D eigenvalue weighted by Crippen LogP contribution is -2.33. The summed E-state index contributed by atoms with van der Waals surface area (Å²) in [5.41, 5.74) is 1.48. The van der Waals surface area contributed by atoms with E-state index in [0.717, 1.165) is 5.56 Å². The van der Waals surface area contributed by atoms with E-state index in [2.05, 4.69) is 9.71 Å². The van der Waals surface area contributed by atoms with Gasteiger partial charge in [-0.1, -0.05) is 11.3 Å². The fourth-order valence-electron chi connectivity index (χ4n) is 1.77. The van der Waals surface area contributed by atoms with Crippen LogP contribution in [-0.4, -0.2) is 19.4 Å². The molecule has 1 atom stereocenters. The standard InChI is InChI=1S/C11H14N2O3S3/c1-7(5-9-3-4-17-6-9)13-19(15,16)10-8(2)12-11(14)18-10/h3-4,6-7,13H,5H2,1-2H3,(H,12,14). The Labute approximate surface area is 119 Å². The molecular weight excluding hydrogens is 304 g/mol. The summed E-state index contributed by atoms with van der Waals surface area (Å²) < 4.78 is 27.0. The van der Waals surface area contributed by atoms with E-state index in [1.54, 1.807) is 25.2 Å². The molecule has 2 heterocycles. The molecule has 2 aromatic rings. The third kappa shape index (κ3) is 3.53. The number of thiophene rings is 1. The second-order valence-electron chi connectivity index (χ2n) is 4.29. The molecule has 0 radical (unpaired) electrons. The smallest absolute Gasteiger partial charge is 0.305 e. The van der Waals surface area contributed by atoms with Crippen molar-refractivity contribution in [2.45, 2.75) is 30.5 Å². The molecule has 0 bridgehead atoms. The number of rotatable bonds is 5. The molecule has 1 unspecified atom stereocenters. The molecule has 2 aromatic heterocycles. The lowest BCUT2D eigenvalue weighted by atomic mass is 10.1. The quantitative estimate of drug-likeness (QED) is 0.881. The van der Waals surface area contributed by atoms with E-state index in [0.29, 0.717) is 23.5 Å². The molecule has 5 nitrogen and oxygen atoms in total. The number of thiazole rings is 1. The normalized spacial score (nSPS) is 13.6. The van der Waals surface area contributed by atoms with Crippen molar-refractivity contribution in [3.63, 3.8) is 0 Å². The van der Waals surface area contributed by atoms with E-state index >= 15 is 0 Å². The Kier molecular flexibility index (Phi) is 4.24. The molecule has 0 aliphatic rings. The van der Waals surface area contributed by atoms with E-state index in [4.69, 9.17) is 0 Å². The Morgan fingerprint density at radius 1 is 1.47 bits per heavy atom. The topological polar surface area (TPSA) is 79.0 Å². The highest BCUT2D eigenvalue weighted by molar-refractivity contribution is 7.91. The Hall–Kier alpha value is -0.960. The van der Waals surface area contributed by atoms with Crippen molar-refractivity contribution in [3.05, 3.63) is 37.8 Å². The fourth-order valence-corrected chi connectivity index (χ4v) is 5.01. The largest absolute Gasteiger partial charge is 0.315 e. The number of hydrogen-bond acceptors (Lipinski definition) is 5. The van der Waals surface area contributed by atoms with Gasteiger partial charge in [0.1, 0.15) is 0 Å². The van der Waals surface area contributed by atoms with Crippen LogP contribution in [0.2, 0.25) is 0 Å². The van der Waals surface area contributed by atoms with Crippen molar-refractivity contribution in [1.82, 2.24) is 9.71 Å². The van der Waals surface area contributed by atoms with Gasteiger partial charge in [-0.25, -0.2) is 13.1 Å². The van der Waals surface area contributed by atoms with Gasteiger partial charge in [0.25, 0.3) is 10.0 Å². The van der Waals surface area contributed by atoms with Gasteiger partial charge in [0, 0.05) is 11.7 Å². The molecule has 2 rings (SSSR count). The highest BCUT2D eigenvalue weighted by Gasteiger charge is 2.22. The minimum atomic E-state index is -3.63. The van der Waals surface area contributed by atoms with E-state index in [1.165, 1.54) is 0 Å². The van der Waals surface area contributed by atoms with Crippen LogP contribution in [0.3, 0.4) is 0 Å².